The van der Waals surface area contributed by atoms with Crippen LogP contribution in [0.4, 0.5) is 5.69 Å². The van der Waals surface area contributed by atoms with E-state index in [0.717, 1.165) is 29.9 Å². The predicted molar refractivity (Wildman–Crippen MR) is 102 cm³/mol. The number of hydrogen-bond acceptors (Lipinski definition) is 3. The van der Waals surface area contributed by atoms with Gasteiger partial charge in [-0.2, -0.15) is 0 Å². The Kier molecular flexibility index (Phi) is 5.88. The lowest BCUT2D eigenvalue weighted by Gasteiger charge is -2.39. The number of benzene rings is 1. The summed E-state index contributed by atoms with van der Waals surface area (Å²) in [6.45, 7) is 14.6. The van der Waals surface area contributed by atoms with Crippen molar-refractivity contribution in [2.45, 2.75) is 47.6 Å². The lowest BCUT2D eigenvalue weighted by Crippen LogP contribution is -2.55. The number of piperazine rings is 1. The van der Waals surface area contributed by atoms with Crippen molar-refractivity contribution in [2.24, 2.45) is 5.41 Å². The van der Waals surface area contributed by atoms with Gasteiger partial charge in [0.15, 0.2) is 0 Å². The summed E-state index contributed by atoms with van der Waals surface area (Å²) in [7, 11) is 0. The van der Waals surface area contributed by atoms with Gasteiger partial charge in [-0.25, -0.2) is 0 Å². The molecule has 25 heavy (non-hydrogen) atoms. The second kappa shape index (κ2) is 7.56. The van der Waals surface area contributed by atoms with Crippen LogP contribution in [-0.4, -0.2) is 53.8 Å². The molecule has 0 aliphatic carbocycles. The molecule has 138 valence electrons. The first-order valence-corrected chi connectivity index (χ1v) is 9.01. The smallest absolute Gasteiger partial charge is 0.241 e. The minimum absolute atomic E-state index is 0.00398. The molecule has 1 fully saturated rings. The van der Waals surface area contributed by atoms with Crippen LogP contribution < -0.4 is 5.32 Å². The number of carbonyl (C=O) groups is 2. The summed E-state index contributed by atoms with van der Waals surface area (Å²) in [5.74, 6) is 0.184. The number of nitrogens with zero attached hydrogens (tertiary/aromatic N) is 2. The van der Waals surface area contributed by atoms with Crippen molar-refractivity contribution in [1.82, 2.24) is 9.80 Å². The lowest BCUT2D eigenvalue weighted by molar-refractivity contribution is -0.141. The molecule has 0 aromatic heterocycles. The van der Waals surface area contributed by atoms with E-state index in [9.17, 15) is 9.59 Å². The van der Waals surface area contributed by atoms with Crippen LogP contribution in [0.2, 0.25) is 0 Å². The minimum Gasteiger partial charge on any atom is -0.340 e. The Morgan fingerprint density at radius 1 is 1.08 bits per heavy atom. The number of anilines is 1. The number of amides is 2. The van der Waals surface area contributed by atoms with Crippen molar-refractivity contribution in [2.75, 3.05) is 31.5 Å². The van der Waals surface area contributed by atoms with Gasteiger partial charge in [0.25, 0.3) is 0 Å². The molecule has 0 bridgehead atoms. The zero-order valence-corrected chi connectivity index (χ0v) is 16.3. The fourth-order valence-corrected chi connectivity index (χ4v) is 3.06. The van der Waals surface area contributed by atoms with Crippen molar-refractivity contribution in [3.05, 3.63) is 29.3 Å². The molecule has 1 saturated heterocycles. The first kappa shape index (κ1) is 19.4. The maximum atomic E-state index is 12.6. The molecule has 2 amide bonds. The van der Waals surface area contributed by atoms with Gasteiger partial charge in [-0.05, 0) is 38.0 Å². The summed E-state index contributed by atoms with van der Waals surface area (Å²) in [6, 6.07) is 5.85. The quantitative estimate of drug-likeness (QED) is 0.916. The Morgan fingerprint density at radius 2 is 1.68 bits per heavy atom. The maximum absolute atomic E-state index is 12.6. The van der Waals surface area contributed by atoms with E-state index < -0.39 is 0 Å². The topological polar surface area (TPSA) is 52.7 Å². The first-order valence-electron chi connectivity index (χ1n) is 9.01. The number of carbonyl (C=O) groups excluding carboxylic acids is 2. The summed E-state index contributed by atoms with van der Waals surface area (Å²) in [4.78, 5) is 29.0. The molecule has 1 aromatic carbocycles. The molecule has 0 radical (unpaired) electrons. The van der Waals surface area contributed by atoms with Gasteiger partial charge in [-0.15, -0.1) is 0 Å². The largest absolute Gasteiger partial charge is 0.340 e. The average Bonchev–Trinajstić information content (AvgIpc) is 2.56. The Morgan fingerprint density at radius 3 is 2.24 bits per heavy atom. The van der Waals surface area contributed by atoms with Gasteiger partial charge in [0.1, 0.15) is 0 Å². The minimum atomic E-state index is -0.353. The van der Waals surface area contributed by atoms with Crippen LogP contribution in [0.3, 0.4) is 0 Å². The van der Waals surface area contributed by atoms with Gasteiger partial charge in [0.05, 0.1) is 6.04 Å². The molecule has 1 N–H and O–H groups in total. The van der Waals surface area contributed by atoms with Crippen molar-refractivity contribution in [3.8, 4) is 0 Å². The highest BCUT2D eigenvalue weighted by Crippen LogP contribution is 2.20. The SMILES string of the molecule is Cc1ccc(C)c(NC(=O)C(C)N2CCN(C(=O)C(C)(C)C)CC2)c1. The van der Waals surface area contributed by atoms with E-state index in [0.29, 0.717) is 13.1 Å². The molecule has 1 aromatic rings. The standard InChI is InChI=1S/C20H31N3O2/c1-14-7-8-15(2)17(13-14)21-18(24)16(3)22-9-11-23(12-10-22)19(25)20(4,5)6/h7-8,13,16H,9-12H2,1-6H3,(H,21,24). The molecule has 5 nitrogen and oxygen atoms in total. The molecule has 2 rings (SSSR count). The monoisotopic (exact) mass is 345 g/mol. The molecule has 1 aliphatic rings. The molecule has 1 aliphatic heterocycles. The van der Waals surface area contributed by atoms with Gasteiger partial charge in [-0.3, -0.25) is 14.5 Å². The van der Waals surface area contributed by atoms with Crippen molar-refractivity contribution >= 4 is 17.5 Å². The van der Waals surface area contributed by atoms with E-state index in [4.69, 9.17) is 0 Å². The normalized spacial score (nSPS) is 17.3. The Labute approximate surface area is 151 Å². The van der Waals surface area contributed by atoms with Gasteiger partial charge in [0, 0.05) is 37.3 Å². The third-order valence-electron chi connectivity index (χ3n) is 4.82. The molecule has 0 spiro atoms. The summed E-state index contributed by atoms with van der Waals surface area (Å²) >= 11 is 0. The van der Waals surface area contributed by atoms with E-state index in [1.165, 1.54) is 0 Å². The average molecular weight is 345 g/mol. The highest BCUT2D eigenvalue weighted by Gasteiger charge is 2.32. The third kappa shape index (κ3) is 4.82. The lowest BCUT2D eigenvalue weighted by atomic mass is 9.94. The number of aryl methyl sites for hydroxylation is 2. The Balaban J connectivity index is 1.93. The van der Waals surface area contributed by atoms with Gasteiger partial charge in [-0.1, -0.05) is 32.9 Å². The maximum Gasteiger partial charge on any atom is 0.241 e. The number of hydrogen-bond donors (Lipinski definition) is 1. The van der Waals surface area contributed by atoms with E-state index in [-0.39, 0.29) is 23.3 Å². The van der Waals surface area contributed by atoms with E-state index >= 15 is 0 Å². The molecular weight excluding hydrogens is 314 g/mol. The predicted octanol–water partition coefficient (Wildman–Crippen LogP) is 2.82. The summed E-state index contributed by atoms with van der Waals surface area (Å²) in [5.41, 5.74) is 2.71. The van der Waals surface area contributed by atoms with Gasteiger partial charge < -0.3 is 10.2 Å². The summed E-state index contributed by atoms with van der Waals surface area (Å²) < 4.78 is 0. The van der Waals surface area contributed by atoms with Gasteiger partial charge >= 0.3 is 0 Å². The molecule has 0 saturated carbocycles. The van der Waals surface area contributed by atoms with Crippen molar-refractivity contribution in [3.63, 3.8) is 0 Å². The zero-order valence-electron chi connectivity index (χ0n) is 16.3. The van der Waals surface area contributed by atoms with Crippen LogP contribution in [-0.2, 0) is 9.59 Å². The third-order valence-corrected chi connectivity index (χ3v) is 4.82. The van der Waals surface area contributed by atoms with Crippen LogP contribution in [0, 0.1) is 19.3 Å². The Bertz CT molecular complexity index is 641. The first-order chi connectivity index (χ1) is 11.6. The Hall–Kier alpha value is -1.88. The van der Waals surface area contributed by atoms with Crippen LogP contribution >= 0.6 is 0 Å². The van der Waals surface area contributed by atoms with Crippen molar-refractivity contribution < 1.29 is 9.59 Å². The van der Waals surface area contributed by atoms with Crippen LogP contribution in [0.25, 0.3) is 0 Å². The fraction of sp³-hybridized carbons (Fsp3) is 0.600. The number of nitrogens with one attached hydrogen (secondary N) is 1. The molecule has 1 atom stereocenters. The second-order valence-electron chi connectivity index (χ2n) is 8.06. The van der Waals surface area contributed by atoms with E-state index in [1.54, 1.807) is 0 Å². The van der Waals surface area contributed by atoms with Crippen LogP contribution in [0.5, 0.6) is 0 Å². The van der Waals surface area contributed by atoms with E-state index in [1.807, 2.05) is 64.6 Å². The molecule has 5 heteroatoms. The number of rotatable bonds is 3. The fourth-order valence-electron chi connectivity index (χ4n) is 3.06. The molecular formula is C20H31N3O2. The molecule has 1 heterocycles. The highest BCUT2D eigenvalue weighted by molar-refractivity contribution is 5.95. The van der Waals surface area contributed by atoms with Crippen LogP contribution in [0.1, 0.15) is 38.8 Å². The highest BCUT2D eigenvalue weighted by atomic mass is 16.2. The van der Waals surface area contributed by atoms with Crippen LogP contribution in [0.15, 0.2) is 18.2 Å². The van der Waals surface area contributed by atoms with E-state index in [2.05, 4.69) is 10.2 Å². The molecule has 1 unspecified atom stereocenters. The van der Waals surface area contributed by atoms with Crippen molar-refractivity contribution in [1.29, 1.82) is 0 Å². The summed E-state index contributed by atoms with van der Waals surface area (Å²) in [6.07, 6.45) is 0. The zero-order chi connectivity index (χ0) is 18.8. The summed E-state index contributed by atoms with van der Waals surface area (Å²) in [5, 5.41) is 3.05. The van der Waals surface area contributed by atoms with Gasteiger partial charge in [0.2, 0.25) is 11.8 Å². The second-order valence-corrected chi connectivity index (χ2v) is 8.06.